The summed E-state index contributed by atoms with van der Waals surface area (Å²) in [5.74, 6) is -2.17. The van der Waals surface area contributed by atoms with Gasteiger partial charge in [-0.1, -0.05) is 24.3 Å². The lowest BCUT2D eigenvalue weighted by molar-refractivity contribution is -0.394. The summed E-state index contributed by atoms with van der Waals surface area (Å²) in [5, 5.41) is 28.7. The van der Waals surface area contributed by atoms with E-state index in [1.54, 1.807) is 36.4 Å². The molecule has 3 aromatic carbocycles. The van der Waals surface area contributed by atoms with Gasteiger partial charge < -0.3 is 10.1 Å². The van der Waals surface area contributed by atoms with Gasteiger partial charge in [-0.2, -0.15) is 5.10 Å². The molecular formula is C23H18BrN5O7. The molecule has 0 heterocycles. The molecule has 0 aliphatic carbocycles. The molecule has 0 saturated carbocycles. The van der Waals surface area contributed by atoms with Gasteiger partial charge in [0, 0.05) is 10.5 Å². The molecule has 3 aromatic rings. The Morgan fingerprint density at radius 3 is 2.44 bits per heavy atom. The fourth-order valence-corrected chi connectivity index (χ4v) is 3.21. The summed E-state index contributed by atoms with van der Waals surface area (Å²) in [6, 6.07) is 16.2. The number of hydrogen-bond donors (Lipinski definition) is 2. The van der Waals surface area contributed by atoms with Gasteiger partial charge in [-0.3, -0.25) is 29.8 Å². The summed E-state index contributed by atoms with van der Waals surface area (Å²) < 4.78 is 6.21. The van der Waals surface area contributed by atoms with Gasteiger partial charge in [0.15, 0.2) is 0 Å². The molecule has 2 amide bonds. The van der Waals surface area contributed by atoms with Gasteiger partial charge in [-0.25, -0.2) is 5.43 Å². The van der Waals surface area contributed by atoms with Crippen LogP contribution in [0.25, 0.3) is 0 Å². The normalized spacial score (nSPS) is 11.5. The number of rotatable bonds is 9. The number of nitro groups is 2. The molecule has 36 heavy (non-hydrogen) atoms. The van der Waals surface area contributed by atoms with Gasteiger partial charge in [-0.05, 0) is 58.7 Å². The van der Waals surface area contributed by atoms with E-state index in [1.807, 2.05) is 0 Å². The fraction of sp³-hybridized carbons (Fsp3) is 0.0870. The number of nitrogens with one attached hydrogen (secondary N) is 2. The topological polar surface area (TPSA) is 166 Å². The zero-order valence-corrected chi connectivity index (χ0v) is 20.2. The molecule has 0 spiro atoms. The van der Waals surface area contributed by atoms with Crippen LogP contribution in [-0.2, 0) is 9.59 Å². The number of amides is 2. The summed E-state index contributed by atoms with van der Waals surface area (Å²) in [6.45, 7) is 1.43. The molecule has 0 saturated heterocycles. The number of ether oxygens (including phenoxy) is 1. The summed E-state index contributed by atoms with van der Waals surface area (Å²) in [4.78, 5) is 45.3. The van der Waals surface area contributed by atoms with Crippen LogP contribution < -0.4 is 15.5 Å². The van der Waals surface area contributed by atoms with E-state index in [0.29, 0.717) is 15.7 Å². The Balaban J connectivity index is 1.64. The fourth-order valence-electron chi connectivity index (χ4n) is 2.82. The van der Waals surface area contributed by atoms with E-state index in [1.165, 1.54) is 25.3 Å². The highest BCUT2D eigenvalue weighted by atomic mass is 79.9. The Morgan fingerprint density at radius 1 is 1.00 bits per heavy atom. The zero-order chi connectivity index (χ0) is 26.2. The second-order valence-corrected chi connectivity index (χ2v) is 8.12. The van der Waals surface area contributed by atoms with E-state index in [9.17, 15) is 29.8 Å². The number of anilines is 1. The number of para-hydroxylation sites is 1. The molecule has 0 bridgehead atoms. The number of benzene rings is 3. The maximum absolute atomic E-state index is 12.3. The van der Waals surface area contributed by atoms with E-state index in [0.717, 1.165) is 18.2 Å². The number of hydrogen-bond acceptors (Lipinski definition) is 8. The first-order chi connectivity index (χ1) is 17.2. The zero-order valence-electron chi connectivity index (χ0n) is 18.6. The largest absolute Gasteiger partial charge is 0.450 e. The number of hydrazone groups is 1. The summed E-state index contributed by atoms with van der Waals surface area (Å²) in [6.07, 6.45) is 1.30. The molecule has 1 unspecified atom stereocenters. The maximum atomic E-state index is 12.3. The number of nitrogens with zero attached hydrogens (tertiary/aromatic N) is 3. The van der Waals surface area contributed by atoms with Crippen LogP contribution in [0.2, 0.25) is 0 Å². The average Bonchev–Trinajstić information content (AvgIpc) is 2.85. The summed E-state index contributed by atoms with van der Waals surface area (Å²) in [5.41, 5.74) is 2.28. The van der Waals surface area contributed by atoms with Gasteiger partial charge in [0.25, 0.3) is 11.6 Å². The Morgan fingerprint density at radius 2 is 1.75 bits per heavy atom. The smallest absolute Gasteiger partial charge is 0.318 e. The van der Waals surface area contributed by atoms with Crippen LogP contribution in [0.5, 0.6) is 11.5 Å². The Kier molecular flexibility index (Phi) is 8.41. The third kappa shape index (κ3) is 6.70. The second kappa shape index (κ2) is 11.7. The van der Waals surface area contributed by atoms with Crippen molar-refractivity contribution in [1.82, 2.24) is 5.43 Å². The van der Waals surface area contributed by atoms with Gasteiger partial charge in [0.1, 0.15) is 11.7 Å². The molecule has 0 radical (unpaired) electrons. The first-order valence-electron chi connectivity index (χ1n) is 10.2. The van der Waals surface area contributed by atoms with Gasteiger partial charge >= 0.3 is 5.69 Å². The SMILES string of the molecule is CC(C(=O)NN=Cc1cccc(Oc2ccc([N+](=O)[O-])cc2[N+](=O)[O-])c1)C(=O)Nc1ccccc1Br. The van der Waals surface area contributed by atoms with Crippen LogP contribution in [0.4, 0.5) is 17.1 Å². The van der Waals surface area contributed by atoms with Gasteiger partial charge in [0.2, 0.25) is 11.7 Å². The first kappa shape index (κ1) is 26.0. The Bertz CT molecular complexity index is 1360. The highest BCUT2D eigenvalue weighted by Crippen LogP contribution is 2.34. The van der Waals surface area contributed by atoms with E-state index in [2.05, 4.69) is 31.8 Å². The van der Waals surface area contributed by atoms with E-state index in [-0.39, 0.29) is 11.5 Å². The van der Waals surface area contributed by atoms with Crippen molar-refractivity contribution in [1.29, 1.82) is 0 Å². The van der Waals surface area contributed by atoms with Crippen molar-refractivity contribution in [3.05, 3.63) is 97.0 Å². The number of nitro benzene ring substituents is 2. The Labute approximate surface area is 212 Å². The lowest BCUT2D eigenvalue weighted by Crippen LogP contribution is -2.34. The third-order valence-corrected chi connectivity index (χ3v) is 5.43. The van der Waals surface area contributed by atoms with E-state index < -0.39 is 39.0 Å². The molecule has 12 nitrogen and oxygen atoms in total. The van der Waals surface area contributed by atoms with Crippen molar-refractivity contribution in [3.63, 3.8) is 0 Å². The van der Waals surface area contributed by atoms with E-state index in [4.69, 9.17) is 4.74 Å². The van der Waals surface area contributed by atoms with Crippen LogP contribution >= 0.6 is 15.9 Å². The number of carbonyl (C=O) groups excluding carboxylic acids is 2. The van der Waals surface area contributed by atoms with Crippen LogP contribution in [0.15, 0.2) is 76.3 Å². The lowest BCUT2D eigenvalue weighted by atomic mass is 10.1. The second-order valence-electron chi connectivity index (χ2n) is 7.27. The quantitative estimate of drug-likeness (QED) is 0.166. The van der Waals surface area contributed by atoms with Crippen molar-refractivity contribution in [2.24, 2.45) is 11.0 Å². The summed E-state index contributed by atoms with van der Waals surface area (Å²) in [7, 11) is 0. The van der Waals surface area contributed by atoms with Crippen LogP contribution in [0.3, 0.4) is 0 Å². The van der Waals surface area contributed by atoms with Gasteiger partial charge in [-0.15, -0.1) is 0 Å². The summed E-state index contributed by atoms with van der Waals surface area (Å²) >= 11 is 3.32. The minimum absolute atomic E-state index is 0.183. The lowest BCUT2D eigenvalue weighted by Gasteiger charge is -2.11. The van der Waals surface area contributed by atoms with Crippen molar-refractivity contribution in [2.75, 3.05) is 5.32 Å². The van der Waals surface area contributed by atoms with Crippen molar-refractivity contribution in [2.45, 2.75) is 6.92 Å². The molecule has 0 aliphatic heterocycles. The highest BCUT2D eigenvalue weighted by Gasteiger charge is 2.22. The molecular weight excluding hydrogens is 538 g/mol. The first-order valence-corrected chi connectivity index (χ1v) is 11.0. The van der Waals surface area contributed by atoms with Crippen molar-refractivity contribution < 1.29 is 24.2 Å². The average molecular weight is 556 g/mol. The maximum Gasteiger partial charge on any atom is 0.318 e. The molecule has 3 rings (SSSR count). The van der Waals surface area contributed by atoms with Gasteiger partial charge in [0.05, 0.1) is 27.8 Å². The monoisotopic (exact) mass is 555 g/mol. The van der Waals surface area contributed by atoms with Crippen molar-refractivity contribution >= 4 is 51.0 Å². The molecule has 0 fully saturated rings. The number of carbonyl (C=O) groups is 2. The molecule has 0 aliphatic rings. The van der Waals surface area contributed by atoms with E-state index >= 15 is 0 Å². The predicted octanol–water partition coefficient (Wildman–Crippen LogP) is 4.78. The molecule has 0 aromatic heterocycles. The van der Waals surface area contributed by atoms with Crippen molar-refractivity contribution in [3.8, 4) is 11.5 Å². The van der Waals surface area contributed by atoms with Crippen LogP contribution in [-0.4, -0.2) is 27.9 Å². The minimum atomic E-state index is -1.04. The standard InChI is InChI=1S/C23H18BrN5O7/c1-14(22(30)26-19-8-3-2-7-18(19)24)23(31)27-25-13-15-5-4-6-17(11-15)36-21-10-9-16(28(32)33)12-20(21)29(34)35/h2-14H,1H3,(H,26,30)(H,27,31). The van der Waals surface area contributed by atoms with Crippen LogP contribution in [0.1, 0.15) is 12.5 Å². The molecule has 1 atom stereocenters. The number of non-ortho nitro benzene ring substituents is 1. The highest BCUT2D eigenvalue weighted by molar-refractivity contribution is 9.10. The molecule has 13 heteroatoms. The predicted molar refractivity (Wildman–Crippen MR) is 134 cm³/mol. The third-order valence-electron chi connectivity index (χ3n) is 4.74. The molecule has 184 valence electrons. The Hall–Kier alpha value is -4.65. The number of halogens is 1. The van der Waals surface area contributed by atoms with Crippen LogP contribution in [0, 0.1) is 26.1 Å². The molecule has 2 N–H and O–H groups in total. The minimum Gasteiger partial charge on any atom is -0.450 e.